The highest BCUT2D eigenvalue weighted by Gasteiger charge is 2.34. The number of amides is 2. The molecule has 9 heteroatoms. The van der Waals surface area contributed by atoms with Crippen LogP contribution in [0.1, 0.15) is 55.9 Å². The fraction of sp³-hybridized carbons (Fsp3) is 0.394. The van der Waals surface area contributed by atoms with Gasteiger partial charge in [0.05, 0.1) is 17.7 Å². The Morgan fingerprint density at radius 3 is 1.98 bits per heavy atom. The molecule has 0 aliphatic carbocycles. The molecule has 226 valence electrons. The van der Waals surface area contributed by atoms with E-state index in [9.17, 15) is 18.0 Å². The van der Waals surface area contributed by atoms with Crippen LogP contribution in [0.5, 0.6) is 5.75 Å². The highest BCUT2D eigenvalue weighted by molar-refractivity contribution is 7.92. The number of nitrogens with zero attached hydrogens (tertiary/aromatic N) is 2. The third-order valence-electron chi connectivity index (χ3n) is 7.28. The molecule has 8 nitrogen and oxygen atoms in total. The minimum Gasteiger partial charge on any atom is -0.497 e. The molecule has 0 aliphatic heterocycles. The van der Waals surface area contributed by atoms with Crippen LogP contribution in [-0.2, 0) is 26.2 Å². The van der Waals surface area contributed by atoms with Crippen LogP contribution in [0, 0.1) is 20.8 Å². The molecule has 0 spiro atoms. The van der Waals surface area contributed by atoms with E-state index in [-0.39, 0.29) is 23.4 Å². The predicted molar refractivity (Wildman–Crippen MR) is 167 cm³/mol. The van der Waals surface area contributed by atoms with Gasteiger partial charge in [-0.3, -0.25) is 13.9 Å². The van der Waals surface area contributed by atoms with Crippen molar-refractivity contribution < 1.29 is 22.7 Å². The smallest absolute Gasteiger partial charge is 0.264 e. The number of methoxy groups -OCH3 is 1. The summed E-state index contributed by atoms with van der Waals surface area (Å²) >= 11 is 0. The number of sulfonamides is 1. The van der Waals surface area contributed by atoms with Crippen LogP contribution in [0.15, 0.2) is 71.6 Å². The maximum atomic E-state index is 14.2. The zero-order chi connectivity index (χ0) is 31.0. The van der Waals surface area contributed by atoms with E-state index in [1.165, 1.54) is 4.90 Å². The first-order valence-corrected chi connectivity index (χ1v) is 15.7. The SMILES string of the molecule is CCC(C)NC(=O)C(CC)N(Cc1ccc(OC)cc1)C(=O)CN(c1cc(C)cc(C)c1)S(=O)(=O)c1ccc(C)cc1. The van der Waals surface area contributed by atoms with Gasteiger partial charge >= 0.3 is 0 Å². The third-order valence-corrected chi connectivity index (χ3v) is 9.07. The molecule has 0 radical (unpaired) electrons. The number of anilines is 1. The lowest BCUT2D eigenvalue weighted by molar-refractivity contribution is -0.140. The number of hydrogen-bond donors (Lipinski definition) is 1. The van der Waals surface area contributed by atoms with Gasteiger partial charge in [0.25, 0.3) is 10.0 Å². The van der Waals surface area contributed by atoms with Gasteiger partial charge in [0.15, 0.2) is 0 Å². The summed E-state index contributed by atoms with van der Waals surface area (Å²) in [5.74, 6) is -0.0803. The topological polar surface area (TPSA) is 96.0 Å². The van der Waals surface area contributed by atoms with Crippen molar-refractivity contribution in [2.24, 2.45) is 0 Å². The maximum Gasteiger partial charge on any atom is 0.264 e. The highest BCUT2D eigenvalue weighted by Crippen LogP contribution is 2.27. The van der Waals surface area contributed by atoms with Crippen LogP contribution in [0.4, 0.5) is 5.69 Å². The van der Waals surface area contributed by atoms with E-state index in [2.05, 4.69) is 5.32 Å². The van der Waals surface area contributed by atoms with Crippen molar-refractivity contribution in [3.63, 3.8) is 0 Å². The Balaban J connectivity index is 2.09. The van der Waals surface area contributed by atoms with Gasteiger partial charge in [0.1, 0.15) is 18.3 Å². The lowest BCUT2D eigenvalue weighted by Crippen LogP contribution is -2.53. The number of benzene rings is 3. The zero-order valence-corrected chi connectivity index (χ0v) is 26.5. The molecule has 1 N–H and O–H groups in total. The lowest BCUT2D eigenvalue weighted by Gasteiger charge is -2.34. The van der Waals surface area contributed by atoms with E-state index in [0.29, 0.717) is 17.9 Å². The van der Waals surface area contributed by atoms with Crippen LogP contribution in [0.2, 0.25) is 0 Å². The molecule has 3 aromatic rings. The van der Waals surface area contributed by atoms with E-state index in [1.54, 1.807) is 55.6 Å². The largest absolute Gasteiger partial charge is 0.497 e. The van der Waals surface area contributed by atoms with E-state index >= 15 is 0 Å². The summed E-state index contributed by atoms with van der Waals surface area (Å²) in [5.41, 5.74) is 3.85. The van der Waals surface area contributed by atoms with Gasteiger partial charge in [-0.05, 0) is 93.6 Å². The van der Waals surface area contributed by atoms with E-state index < -0.39 is 28.5 Å². The van der Waals surface area contributed by atoms with Crippen molar-refractivity contribution >= 4 is 27.5 Å². The second-order valence-corrected chi connectivity index (χ2v) is 12.6. The molecule has 0 bridgehead atoms. The molecule has 2 amide bonds. The van der Waals surface area contributed by atoms with Gasteiger partial charge in [-0.1, -0.05) is 49.7 Å². The van der Waals surface area contributed by atoms with Crippen LogP contribution in [0.25, 0.3) is 0 Å². The van der Waals surface area contributed by atoms with Crippen molar-refractivity contribution in [2.75, 3.05) is 18.0 Å². The summed E-state index contributed by atoms with van der Waals surface area (Å²) in [7, 11) is -2.55. The van der Waals surface area contributed by atoms with Gasteiger partial charge in [0.2, 0.25) is 11.8 Å². The summed E-state index contributed by atoms with van der Waals surface area (Å²) in [6, 6.07) is 18.4. The monoisotopic (exact) mass is 593 g/mol. The van der Waals surface area contributed by atoms with Crippen molar-refractivity contribution in [2.45, 2.75) is 77.9 Å². The molecule has 0 heterocycles. The molecular formula is C33H43N3O5S. The Bertz CT molecular complexity index is 1450. The van der Waals surface area contributed by atoms with Crippen molar-refractivity contribution in [1.29, 1.82) is 0 Å². The summed E-state index contributed by atoms with van der Waals surface area (Å²) < 4.78 is 34.6. The Labute approximate surface area is 250 Å². The quantitative estimate of drug-likeness (QED) is 0.281. The second kappa shape index (κ2) is 14.4. The summed E-state index contributed by atoms with van der Waals surface area (Å²) in [4.78, 5) is 29.2. The summed E-state index contributed by atoms with van der Waals surface area (Å²) in [5, 5.41) is 3.00. The molecular weight excluding hydrogens is 550 g/mol. The van der Waals surface area contributed by atoms with Gasteiger partial charge in [-0.25, -0.2) is 8.42 Å². The first-order valence-electron chi connectivity index (χ1n) is 14.3. The molecule has 2 unspecified atom stereocenters. The van der Waals surface area contributed by atoms with Gasteiger partial charge < -0.3 is 15.0 Å². The average Bonchev–Trinajstić information content (AvgIpc) is 2.95. The molecule has 42 heavy (non-hydrogen) atoms. The zero-order valence-electron chi connectivity index (χ0n) is 25.7. The number of rotatable bonds is 13. The van der Waals surface area contributed by atoms with Gasteiger partial charge in [-0.2, -0.15) is 0 Å². The number of carbonyl (C=O) groups is 2. The molecule has 0 saturated carbocycles. The first-order chi connectivity index (χ1) is 19.9. The minimum absolute atomic E-state index is 0.0711. The van der Waals surface area contributed by atoms with Crippen molar-refractivity contribution in [3.8, 4) is 5.75 Å². The number of carbonyl (C=O) groups excluding carboxylic acids is 2. The van der Waals surface area contributed by atoms with Gasteiger partial charge in [0, 0.05) is 12.6 Å². The number of nitrogens with one attached hydrogen (secondary N) is 1. The van der Waals surface area contributed by atoms with Crippen LogP contribution >= 0.6 is 0 Å². The van der Waals surface area contributed by atoms with Crippen molar-refractivity contribution in [1.82, 2.24) is 10.2 Å². The predicted octanol–water partition coefficient (Wildman–Crippen LogP) is 5.54. The van der Waals surface area contributed by atoms with Gasteiger partial charge in [-0.15, -0.1) is 0 Å². The molecule has 3 rings (SSSR count). The Morgan fingerprint density at radius 1 is 0.857 bits per heavy atom. The highest BCUT2D eigenvalue weighted by atomic mass is 32.2. The number of aryl methyl sites for hydroxylation is 3. The minimum atomic E-state index is -4.12. The molecule has 2 atom stereocenters. The Hall–Kier alpha value is -3.85. The number of ether oxygens (including phenoxy) is 1. The van der Waals surface area contributed by atoms with E-state index in [1.807, 2.05) is 59.7 Å². The van der Waals surface area contributed by atoms with E-state index in [0.717, 1.165) is 33.0 Å². The summed E-state index contributed by atoms with van der Waals surface area (Å²) in [6.45, 7) is 11.0. The lowest BCUT2D eigenvalue weighted by atomic mass is 10.1. The Kier molecular flexibility index (Phi) is 11.2. The van der Waals surface area contributed by atoms with Crippen LogP contribution < -0.4 is 14.4 Å². The molecule has 0 aliphatic rings. The molecule has 0 saturated heterocycles. The molecule has 3 aromatic carbocycles. The normalized spacial score (nSPS) is 12.7. The molecule has 0 aromatic heterocycles. The second-order valence-electron chi connectivity index (χ2n) is 10.8. The Morgan fingerprint density at radius 2 is 1.45 bits per heavy atom. The molecule has 0 fully saturated rings. The van der Waals surface area contributed by atoms with E-state index in [4.69, 9.17) is 4.74 Å². The standard InChI is InChI=1S/C33H43N3O5S/c1-8-26(6)34-33(38)31(9-2)35(21-27-12-14-29(41-7)15-13-27)32(37)22-36(28-19-24(4)18-25(5)20-28)42(39,40)30-16-10-23(3)11-17-30/h10-20,26,31H,8-9,21-22H2,1-7H3,(H,34,38). The fourth-order valence-corrected chi connectivity index (χ4v) is 6.15. The van der Waals surface area contributed by atoms with Crippen molar-refractivity contribution in [3.05, 3.63) is 89.0 Å². The first kappa shape index (κ1) is 32.7. The maximum absolute atomic E-state index is 14.2. The third kappa shape index (κ3) is 8.12. The van der Waals surface area contributed by atoms with Crippen LogP contribution in [0.3, 0.4) is 0 Å². The average molecular weight is 594 g/mol. The number of hydrogen-bond acceptors (Lipinski definition) is 5. The fourth-order valence-electron chi connectivity index (χ4n) is 4.75. The summed E-state index contributed by atoms with van der Waals surface area (Å²) in [6.07, 6.45) is 1.10. The van der Waals surface area contributed by atoms with Crippen LogP contribution in [-0.4, -0.2) is 50.9 Å².